The molecular formula is C22H23N5O4S. The maximum Gasteiger partial charge on any atom is 0.269 e. The van der Waals surface area contributed by atoms with Crippen LogP contribution in [0, 0.1) is 10.1 Å². The number of fused-ring (bicyclic) bond motifs is 3. The zero-order valence-electron chi connectivity index (χ0n) is 17.5. The van der Waals surface area contributed by atoms with Crippen LogP contribution in [0.1, 0.15) is 39.5 Å². The number of carbonyl (C=O) groups excluding carboxylic acids is 1. The normalized spacial score (nSPS) is 16.8. The van der Waals surface area contributed by atoms with E-state index < -0.39 is 4.92 Å². The van der Waals surface area contributed by atoms with Crippen LogP contribution in [-0.2, 0) is 19.4 Å². The summed E-state index contributed by atoms with van der Waals surface area (Å²) in [6.07, 6.45) is 4.30. The van der Waals surface area contributed by atoms with Gasteiger partial charge in [-0.15, -0.1) is 11.3 Å². The third-order valence-corrected chi connectivity index (χ3v) is 7.42. The fourth-order valence-corrected chi connectivity index (χ4v) is 5.79. The molecule has 32 heavy (non-hydrogen) atoms. The molecule has 0 atom stereocenters. The number of benzene rings is 1. The number of nitro groups is 1. The van der Waals surface area contributed by atoms with Crippen molar-refractivity contribution in [3.63, 3.8) is 0 Å². The van der Waals surface area contributed by atoms with Crippen LogP contribution in [0.4, 0.5) is 5.69 Å². The van der Waals surface area contributed by atoms with Crippen molar-refractivity contribution < 1.29 is 9.72 Å². The highest BCUT2D eigenvalue weighted by molar-refractivity contribution is 7.18. The Morgan fingerprint density at radius 2 is 1.84 bits per heavy atom. The summed E-state index contributed by atoms with van der Waals surface area (Å²) in [4.78, 5) is 49.6. The summed E-state index contributed by atoms with van der Waals surface area (Å²) in [6, 6.07) is 5.70. The number of amides is 1. The minimum Gasteiger partial charge on any atom is -0.336 e. The van der Waals surface area contributed by atoms with Gasteiger partial charge in [0.2, 0.25) is 0 Å². The Kier molecular flexibility index (Phi) is 5.48. The van der Waals surface area contributed by atoms with E-state index in [0.717, 1.165) is 29.5 Å². The lowest BCUT2D eigenvalue weighted by Crippen LogP contribution is -2.48. The molecule has 1 aromatic carbocycles. The number of aromatic nitrogens is 2. The van der Waals surface area contributed by atoms with Gasteiger partial charge in [-0.2, -0.15) is 0 Å². The molecule has 1 fully saturated rings. The van der Waals surface area contributed by atoms with Crippen molar-refractivity contribution in [1.29, 1.82) is 0 Å². The average molecular weight is 454 g/mol. The van der Waals surface area contributed by atoms with E-state index in [4.69, 9.17) is 4.98 Å². The lowest BCUT2D eigenvalue weighted by Gasteiger charge is -2.34. The first-order valence-electron chi connectivity index (χ1n) is 10.8. The van der Waals surface area contributed by atoms with Gasteiger partial charge in [-0.1, -0.05) is 0 Å². The number of nitro benzene ring substituents is 1. The van der Waals surface area contributed by atoms with E-state index in [2.05, 4.69) is 9.88 Å². The highest BCUT2D eigenvalue weighted by Crippen LogP contribution is 2.33. The van der Waals surface area contributed by atoms with E-state index in [0.29, 0.717) is 44.1 Å². The zero-order chi connectivity index (χ0) is 22.2. The number of nitrogens with zero attached hydrogens (tertiary/aromatic N) is 4. The smallest absolute Gasteiger partial charge is 0.269 e. The Balaban J connectivity index is 1.24. The number of H-pyrrole nitrogens is 1. The topological polar surface area (TPSA) is 112 Å². The van der Waals surface area contributed by atoms with Gasteiger partial charge >= 0.3 is 0 Å². The largest absolute Gasteiger partial charge is 0.336 e. The van der Waals surface area contributed by atoms with Crippen molar-refractivity contribution in [2.45, 2.75) is 32.2 Å². The third kappa shape index (κ3) is 3.91. The fourth-order valence-electron chi connectivity index (χ4n) is 4.51. The Labute approximate surface area is 187 Å². The Morgan fingerprint density at radius 3 is 2.56 bits per heavy atom. The van der Waals surface area contributed by atoms with E-state index >= 15 is 0 Å². The first-order valence-corrected chi connectivity index (χ1v) is 11.6. The van der Waals surface area contributed by atoms with Gasteiger partial charge in [0.05, 0.1) is 16.9 Å². The van der Waals surface area contributed by atoms with Crippen molar-refractivity contribution in [1.82, 2.24) is 19.8 Å². The molecule has 0 unspecified atom stereocenters. The molecule has 0 spiro atoms. The zero-order valence-corrected chi connectivity index (χ0v) is 18.3. The molecular weight excluding hydrogens is 430 g/mol. The van der Waals surface area contributed by atoms with E-state index in [9.17, 15) is 19.7 Å². The van der Waals surface area contributed by atoms with Crippen LogP contribution in [-0.4, -0.2) is 56.8 Å². The SMILES string of the molecule is O=C(c1ccc([N+](=O)[O-])cc1)N1CCN(Cc2nc3sc4c(c3c(=O)[nH]2)CCCC4)CC1. The molecule has 9 nitrogen and oxygen atoms in total. The van der Waals surface area contributed by atoms with Crippen molar-refractivity contribution in [2.75, 3.05) is 26.2 Å². The summed E-state index contributed by atoms with van der Waals surface area (Å²) in [5, 5.41) is 11.6. The van der Waals surface area contributed by atoms with Crippen LogP contribution >= 0.6 is 11.3 Å². The van der Waals surface area contributed by atoms with Crippen molar-refractivity contribution in [2.24, 2.45) is 0 Å². The fraction of sp³-hybridized carbons (Fsp3) is 0.409. The van der Waals surface area contributed by atoms with Gasteiger partial charge in [0.15, 0.2) is 0 Å². The minimum absolute atomic E-state index is 0.0311. The second-order valence-electron chi connectivity index (χ2n) is 8.28. The summed E-state index contributed by atoms with van der Waals surface area (Å²) in [5.41, 5.74) is 1.56. The molecule has 0 radical (unpaired) electrons. The van der Waals surface area contributed by atoms with Gasteiger partial charge < -0.3 is 9.88 Å². The number of non-ortho nitro benzene ring substituents is 1. The molecule has 3 aromatic rings. The second-order valence-corrected chi connectivity index (χ2v) is 9.36. The van der Waals surface area contributed by atoms with Crippen molar-refractivity contribution >= 4 is 33.1 Å². The van der Waals surface area contributed by atoms with E-state index in [1.165, 1.54) is 41.1 Å². The number of hydrogen-bond donors (Lipinski definition) is 1. The van der Waals surface area contributed by atoms with Crippen LogP contribution in [0.5, 0.6) is 0 Å². The summed E-state index contributed by atoms with van der Waals surface area (Å²) < 4.78 is 0. The maximum atomic E-state index is 12.7. The van der Waals surface area contributed by atoms with E-state index in [-0.39, 0.29) is 17.2 Å². The first kappa shape index (κ1) is 20.8. The summed E-state index contributed by atoms with van der Waals surface area (Å²) in [7, 11) is 0. The van der Waals surface area contributed by atoms with Gasteiger partial charge in [0.25, 0.3) is 17.2 Å². The number of carbonyl (C=O) groups is 1. The molecule has 10 heteroatoms. The molecule has 5 rings (SSSR count). The number of nitrogens with one attached hydrogen (secondary N) is 1. The average Bonchev–Trinajstić information content (AvgIpc) is 3.18. The molecule has 2 aromatic heterocycles. The number of hydrogen-bond acceptors (Lipinski definition) is 7. The molecule has 0 saturated carbocycles. The molecule has 1 N–H and O–H groups in total. The predicted molar refractivity (Wildman–Crippen MR) is 121 cm³/mol. The molecule has 1 saturated heterocycles. The summed E-state index contributed by atoms with van der Waals surface area (Å²) in [5.74, 6) is 0.535. The third-order valence-electron chi connectivity index (χ3n) is 6.23. The van der Waals surface area contributed by atoms with E-state index in [1.807, 2.05) is 0 Å². The van der Waals surface area contributed by atoms with Crippen LogP contribution in [0.25, 0.3) is 10.2 Å². The van der Waals surface area contributed by atoms with E-state index in [1.54, 1.807) is 16.2 Å². The Morgan fingerprint density at radius 1 is 1.12 bits per heavy atom. The van der Waals surface area contributed by atoms with Crippen LogP contribution in [0.2, 0.25) is 0 Å². The number of aromatic amines is 1. The highest BCUT2D eigenvalue weighted by atomic mass is 32.1. The summed E-state index contributed by atoms with van der Waals surface area (Å²) >= 11 is 1.65. The molecule has 3 heterocycles. The van der Waals surface area contributed by atoms with Crippen LogP contribution < -0.4 is 5.56 Å². The first-order chi connectivity index (χ1) is 15.5. The molecule has 0 bridgehead atoms. The number of aryl methyl sites for hydroxylation is 2. The molecule has 1 amide bonds. The van der Waals surface area contributed by atoms with Crippen molar-refractivity contribution in [3.05, 3.63) is 66.6 Å². The second kappa shape index (κ2) is 8.44. The highest BCUT2D eigenvalue weighted by Gasteiger charge is 2.24. The quantitative estimate of drug-likeness (QED) is 0.480. The Hall–Kier alpha value is -3.11. The number of piperazine rings is 1. The van der Waals surface area contributed by atoms with Crippen LogP contribution in [0.3, 0.4) is 0 Å². The van der Waals surface area contributed by atoms with Gasteiger partial charge in [-0.05, 0) is 43.4 Å². The Bertz CT molecular complexity index is 1240. The monoisotopic (exact) mass is 453 g/mol. The van der Waals surface area contributed by atoms with Crippen LogP contribution in [0.15, 0.2) is 29.1 Å². The van der Waals surface area contributed by atoms with Crippen molar-refractivity contribution in [3.8, 4) is 0 Å². The maximum absolute atomic E-state index is 12.7. The number of rotatable bonds is 4. The lowest BCUT2D eigenvalue weighted by molar-refractivity contribution is -0.384. The molecule has 166 valence electrons. The molecule has 1 aliphatic carbocycles. The summed E-state index contributed by atoms with van der Waals surface area (Å²) in [6.45, 7) is 2.97. The predicted octanol–water partition coefficient (Wildman–Crippen LogP) is 2.73. The van der Waals surface area contributed by atoms with Gasteiger partial charge in [0.1, 0.15) is 10.7 Å². The van der Waals surface area contributed by atoms with Gasteiger partial charge in [0, 0.05) is 48.8 Å². The number of thiophene rings is 1. The van der Waals surface area contributed by atoms with Gasteiger partial charge in [-0.25, -0.2) is 4.98 Å². The lowest BCUT2D eigenvalue weighted by atomic mass is 9.97. The molecule has 1 aliphatic heterocycles. The van der Waals surface area contributed by atoms with Gasteiger partial charge in [-0.3, -0.25) is 24.6 Å². The molecule has 2 aliphatic rings. The minimum atomic E-state index is -0.478. The standard InChI is InChI=1S/C22H23N5O4S/c28-20-19-16-3-1-2-4-17(16)32-21(19)24-18(23-20)13-25-9-11-26(12-10-25)22(29)14-5-7-15(8-6-14)27(30)31/h5-8H,1-4,9-13H2,(H,23,24,28).